The largest absolute Gasteiger partial charge is 0.405 e. The number of halogens is 3. The first-order valence-electron chi connectivity index (χ1n) is 7.88. The second-order valence-corrected chi connectivity index (χ2v) is 8.22. The Morgan fingerprint density at radius 1 is 1.23 bits per heavy atom. The first kappa shape index (κ1) is 20.5. The Bertz CT molecular complexity index is 709. The molecule has 2 unspecified atom stereocenters. The topological polar surface area (TPSA) is 66.9 Å². The van der Waals surface area contributed by atoms with E-state index in [1.807, 2.05) is 37.3 Å². The summed E-state index contributed by atoms with van der Waals surface area (Å²) in [6.45, 7) is 3.08. The van der Waals surface area contributed by atoms with Gasteiger partial charge in [-0.2, -0.15) is 13.2 Å². The summed E-state index contributed by atoms with van der Waals surface area (Å²) in [6.07, 6.45) is -4.32. The van der Waals surface area contributed by atoms with Crippen LogP contribution in [0.2, 0.25) is 0 Å². The van der Waals surface area contributed by atoms with Gasteiger partial charge in [0, 0.05) is 6.54 Å². The monoisotopic (exact) mass is 404 g/mol. The second-order valence-electron chi connectivity index (χ2n) is 5.66. The SMILES string of the molecule is CC(Sc1nnc(NCC(F)(F)F)s1)C(=O)NCC(C)c1ccccc1. The summed E-state index contributed by atoms with van der Waals surface area (Å²) in [4.78, 5) is 12.2. The lowest BCUT2D eigenvalue weighted by atomic mass is 10.0. The molecule has 26 heavy (non-hydrogen) atoms. The Morgan fingerprint density at radius 2 is 1.92 bits per heavy atom. The van der Waals surface area contributed by atoms with Crippen molar-refractivity contribution in [1.82, 2.24) is 15.5 Å². The van der Waals surface area contributed by atoms with E-state index in [1.54, 1.807) is 6.92 Å². The molecule has 1 aromatic carbocycles. The minimum atomic E-state index is -4.32. The summed E-state index contributed by atoms with van der Waals surface area (Å²) in [6, 6.07) is 9.85. The molecule has 0 aliphatic carbocycles. The number of amides is 1. The van der Waals surface area contributed by atoms with Crippen LogP contribution in [0.4, 0.5) is 18.3 Å². The van der Waals surface area contributed by atoms with E-state index in [-0.39, 0.29) is 17.0 Å². The van der Waals surface area contributed by atoms with Gasteiger partial charge in [0.1, 0.15) is 6.54 Å². The summed E-state index contributed by atoms with van der Waals surface area (Å²) in [5, 5.41) is 12.2. The van der Waals surface area contributed by atoms with E-state index in [4.69, 9.17) is 0 Å². The van der Waals surface area contributed by atoms with Crippen LogP contribution < -0.4 is 10.6 Å². The smallest absolute Gasteiger partial charge is 0.355 e. The number of anilines is 1. The molecule has 0 aliphatic heterocycles. The van der Waals surface area contributed by atoms with Crippen molar-refractivity contribution < 1.29 is 18.0 Å². The highest BCUT2D eigenvalue weighted by Gasteiger charge is 2.27. The van der Waals surface area contributed by atoms with Gasteiger partial charge in [-0.1, -0.05) is 60.4 Å². The van der Waals surface area contributed by atoms with Crippen molar-refractivity contribution in [2.45, 2.75) is 35.5 Å². The molecule has 0 saturated heterocycles. The van der Waals surface area contributed by atoms with E-state index in [0.717, 1.165) is 28.7 Å². The molecule has 1 amide bonds. The van der Waals surface area contributed by atoms with E-state index in [0.29, 0.717) is 10.9 Å². The minimum Gasteiger partial charge on any atom is -0.355 e. The number of nitrogens with one attached hydrogen (secondary N) is 2. The molecule has 0 aliphatic rings. The third-order valence-electron chi connectivity index (χ3n) is 3.44. The summed E-state index contributed by atoms with van der Waals surface area (Å²) in [5.74, 6) is 0.0230. The normalized spacial score (nSPS) is 13.9. The molecule has 1 heterocycles. The van der Waals surface area contributed by atoms with Crippen molar-refractivity contribution in [3.8, 4) is 0 Å². The van der Waals surface area contributed by atoms with Gasteiger partial charge in [-0.15, -0.1) is 10.2 Å². The van der Waals surface area contributed by atoms with Gasteiger partial charge in [0.05, 0.1) is 5.25 Å². The molecule has 2 atom stereocenters. The number of carbonyl (C=O) groups is 1. The fourth-order valence-corrected chi connectivity index (χ4v) is 3.92. The maximum absolute atomic E-state index is 12.2. The molecule has 0 fully saturated rings. The van der Waals surface area contributed by atoms with E-state index in [9.17, 15) is 18.0 Å². The number of thioether (sulfide) groups is 1. The Morgan fingerprint density at radius 3 is 2.58 bits per heavy atom. The molecule has 0 spiro atoms. The summed E-state index contributed by atoms with van der Waals surface area (Å²) in [7, 11) is 0. The Balaban J connectivity index is 1.79. The van der Waals surface area contributed by atoms with Crippen molar-refractivity contribution in [2.75, 3.05) is 18.4 Å². The number of alkyl halides is 3. The lowest BCUT2D eigenvalue weighted by Gasteiger charge is -2.15. The van der Waals surface area contributed by atoms with Gasteiger partial charge < -0.3 is 10.6 Å². The van der Waals surface area contributed by atoms with Crippen LogP contribution in [0.25, 0.3) is 0 Å². The zero-order chi connectivity index (χ0) is 19.2. The Labute approximate surface area is 157 Å². The van der Waals surface area contributed by atoms with Crippen molar-refractivity contribution in [3.05, 3.63) is 35.9 Å². The molecule has 2 aromatic rings. The first-order chi connectivity index (χ1) is 12.2. The quantitative estimate of drug-likeness (QED) is 0.653. The van der Waals surface area contributed by atoms with Gasteiger partial charge in [-0.3, -0.25) is 4.79 Å². The molecule has 2 rings (SSSR count). The van der Waals surface area contributed by atoms with Crippen LogP contribution in [-0.2, 0) is 4.79 Å². The van der Waals surface area contributed by atoms with Gasteiger partial charge in [-0.25, -0.2) is 0 Å². The number of carbonyl (C=O) groups excluding carboxylic acids is 1. The van der Waals surface area contributed by atoms with Crippen molar-refractivity contribution in [1.29, 1.82) is 0 Å². The average Bonchev–Trinajstić information content (AvgIpc) is 3.05. The third kappa shape index (κ3) is 6.83. The highest BCUT2D eigenvalue weighted by atomic mass is 32.2. The fraction of sp³-hybridized carbons (Fsp3) is 0.438. The zero-order valence-electron chi connectivity index (χ0n) is 14.2. The van der Waals surface area contributed by atoms with Crippen molar-refractivity contribution in [3.63, 3.8) is 0 Å². The highest BCUT2D eigenvalue weighted by molar-refractivity contribution is 8.02. The number of rotatable bonds is 8. The van der Waals surface area contributed by atoms with Gasteiger partial charge in [0.25, 0.3) is 0 Å². The molecule has 142 valence electrons. The predicted octanol–water partition coefficient (Wildman–Crippen LogP) is 3.91. The first-order valence-corrected chi connectivity index (χ1v) is 9.57. The standard InChI is InChI=1S/C16H19F3N4OS2/c1-10(12-6-4-3-5-7-12)8-20-13(24)11(2)25-15-23-22-14(26-15)21-9-16(17,18)19/h3-7,10-11H,8-9H2,1-2H3,(H,20,24)(H,21,22). The van der Waals surface area contributed by atoms with Crippen molar-refractivity contribution >= 4 is 34.1 Å². The van der Waals surface area contributed by atoms with Crippen LogP contribution in [-0.4, -0.2) is 40.6 Å². The molecule has 0 radical (unpaired) electrons. The number of aromatic nitrogens is 2. The summed E-state index contributed by atoms with van der Waals surface area (Å²) < 4.78 is 37.0. The Hall–Kier alpha value is -1.81. The van der Waals surface area contributed by atoms with Crippen LogP contribution >= 0.6 is 23.1 Å². The van der Waals surface area contributed by atoms with Crippen LogP contribution in [0.1, 0.15) is 25.3 Å². The maximum Gasteiger partial charge on any atom is 0.405 e. The molecule has 0 bridgehead atoms. The molecule has 0 saturated carbocycles. The lowest BCUT2D eigenvalue weighted by molar-refractivity contribution is -0.120. The van der Waals surface area contributed by atoms with E-state index in [1.165, 1.54) is 0 Å². The highest BCUT2D eigenvalue weighted by Crippen LogP contribution is 2.29. The Kier molecular flexibility index (Phi) is 7.27. The van der Waals surface area contributed by atoms with Crippen LogP contribution in [0, 0.1) is 0 Å². The van der Waals surface area contributed by atoms with Crippen LogP contribution in [0.15, 0.2) is 34.7 Å². The fourth-order valence-electron chi connectivity index (χ4n) is 2.01. The number of hydrogen-bond acceptors (Lipinski definition) is 6. The molecular weight excluding hydrogens is 385 g/mol. The molecule has 10 heteroatoms. The molecule has 5 nitrogen and oxygen atoms in total. The summed E-state index contributed by atoms with van der Waals surface area (Å²) in [5.41, 5.74) is 1.14. The molecule has 1 aromatic heterocycles. The van der Waals surface area contributed by atoms with E-state index >= 15 is 0 Å². The number of benzene rings is 1. The van der Waals surface area contributed by atoms with Crippen molar-refractivity contribution in [2.24, 2.45) is 0 Å². The van der Waals surface area contributed by atoms with Crippen LogP contribution in [0.5, 0.6) is 0 Å². The van der Waals surface area contributed by atoms with E-state index in [2.05, 4.69) is 20.8 Å². The third-order valence-corrected chi connectivity index (χ3v) is 5.51. The molecule has 2 N–H and O–H groups in total. The van der Waals surface area contributed by atoms with Gasteiger partial charge in [0.2, 0.25) is 11.0 Å². The van der Waals surface area contributed by atoms with Gasteiger partial charge in [-0.05, 0) is 18.4 Å². The van der Waals surface area contributed by atoms with Gasteiger partial charge in [0.15, 0.2) is 4.34 Å². The number of hydrogen-bond donors (Lipinski definition) is 2. The maximum atomic E-state index is 12.2. The van der Waals surface area contributed by atoms with Gasteiger partial charge >= 0.3 is 6.18 Å². The molecular formula is C16H19F3N4OS2. The minimum absolute atomic E-state index is 0.0788. The van der Waals surface area contributed by atoms with E-state index < -0.39 is 18.0 Å². The lowest BCUT2D eigenvalue weighted by Crippen LogP contribution is -2.33. The summed E-state index contributed by atoms with van der Waals surface area (Å²) >= 11 is 2.16. The average molecular weight is 404 g/mol. The number of nitrogens with zero attached hydrogens (tertiary/aromatic N) is 2. The van der Waals surface area contributed by atoms with Crippen LogP contribution in [0.3, 0.4) is 0 Å². The predicted molar refractivity (Wildman–Crippen MR) is 97.6 cm³/mol. The zero-order valence-corrected chi connectivity index (χ0v) is 15.8. The second kappa shape index (κ2) is 9.22.